The summed E-state index contributed by atoms with van der Waals surface area (Å²) in [4.78, 5) is 12.7. The van der Waals surface area contributed by atoms with Gasteiger partial charge in [0.2, 0.25) is 5.91 Å². The lowest BCUT2D eigenvalue weighted by Gasteiger charge is -2.13. The normalized spacial score (nSPS) is 14.3. The van der Waals surface area contributed by atoms with Crippen LogP contribution >= 0.6 is 0 Å². The van der Waals surface area contributed by atoms with Crippen molar-refractivity contribution in [2.45, 2.75) is 66.3 Å². The Balaban J connectivity index is 0.00000187. The van der Waals surface area contributed by atoms with Crippen molar-refractivity contribution in [3.8, 4) is 0 Å². The van der Waals surface area contributed by atoms with Crippen LogP contribution in [0.5, 0.6) is 0 Å². The first-order valence-corrected chi connectivity index (χ1v) is 12.1. The Kier molecular flexibility index (Phi) is 10.5. The number of allylic oxidation sites excluding steroid dienone is 3. The molecule has 0 atom stereocenters. The Morgan fingerprint density at radius 2 is 1.61 bits per heavy atom. The van der Waals surface area contributed by atoms with Gasteiger partial charge in [-0.15, -0.1) is 0 Å². The lowest BCUT2D eigenvalue weighted by atomic mass is 10.1. The van der Waals surface area contributed by atoms with Gasteiger partial charge in [-0.3, -0.25) is 4.79 Å². The fourth-order valence-corrected chi connectivity index (χ4v) is 3.97. The minimum atomic E-state index is -0.0699. The molecular formula is C29H39N3O. The zero-order valence-corrected chi connectivity index (χ0v) is 20.7. The first-order chi connectivity index (χ1) is 16.0. The monoisotopic (exact) mass is 445 g/mol. The van der Waals surface area contributed by atoms with E-state index in [1.165, 1.54) is 16.7 Å². The van der Waals surface area contributed by atoms with Crippen LogP contribution in [0, 0.1) is 0 Å². The van der Waals surface area contributed by atoms with E-state index in [1.54, 1.807) is 13.0 Å². The number of rotatable bonds is 8. The highest BCUT2D eigenvalue weighted by molar-refractivity contribution is 5.93. The molecule has 4 heteroatoms. The first kappa shape index (κ1) is 26.0. The Labute approximate surface area is 199 Å². The molecule has 1 aliphatic rings. The smallest absolute Gasteiger partial charge is 0.247 e. The van der Waals surface area contributed by atoms with Crippen molar-refractivity contribution >= 4 is 11.6 Å². The summed E-state index contributed by atoms with van der Waals surface area (Å²) >= 11 is 0. The highest BCUT2D eigenvalue weighted by Gasteiger charge is 2.22. The maximum absolute atomic E-state index is 12.7. The van der Waals surface area contributed by atoms with E-state index in [4.69, 9.17) is 5.73 Å². The number of hydrogen-bond acceptors (Lipinski definition) is 3. The van der Waals surface area contributed by atoms with Gasteiger partial charge >= 0.3 is 0 Å². The molecule has 1 amide bonds. The molecule has 3 rings (SSSR count). The zero-order chi connectivity index (χ0) is 24.2. The fraction of sp³-hybridized carbons (Fsp3) is 0.345. The van der Waals surface area contributed by atoms with Crippen LogP contribution in [0.15, 0.2) is 83.7 Å². The molecule has 0 unspecified atom stereocenters. The number of benzene rings is 2. The summed E-state index contributed by atoms with van der Waals surface area (Å²) in [6.45, 7) is 10.0. The van der Waals surface area contributed by atoms with E-state index in [9.17, 15) is 4.79 Å². The summed E-state index contributed by atoms with van der Waals surface area (Å²) in [5.74, 6) is -0.0699. The molecule has 4 N–H and O–H groups in total. The third-order valence-corrected chi connectivity index (χ3v) is 5.55. The SMILES string of the molecule is CC.CC/C=C(/C=C(N)\C=C(/C)C(=O)NC1Cc2ccccc2C1)Nc1ccccc1CC. The van der Waals surface area contributed by atoms with E-state index in [0.29, 0.717) is 11.3 Å². The highest BCUT2D eigenvalue weighted by Crippen LogP contribution is 2.22. The van der Waals surface area contributed by atoms with E-state index in [1.807, 2.05) is 44.2 Å². The first-order valence-electron chi connectivity index (χ1n) is 12.1. The van der Waals surface area contributed by atoms with Gasteiger partial charge in [0.15, 0.2) is 0 Å². The van der Waals surface area contributed by atoms with Crippen molar-refractivity contribution in [3.63, 3.8) is 0 Å². The number of carbonyl (C=O) groups excluding carboxylic acids is 1. The van der Waals surface area contributed by atoms with Crippen molar-refractivity contribution in [2.75, 3.05) is 5.32 Å². The van der Waals surface area contributed by atoms with Crippen molar-refractivity contribution in [3.05, 3.63) is 100 Å². The molecule has 0 saturated heterocycles. The van der Waals surface area contributed by atoms with Crippen LogP contribution in [0.1, 0.15) is 57.7 Å². The second-order valence-electron chi connectivity index (χ2n) is 8.02. The lowest BCUT2D eigenvalue weighted by molar-refractivity contribution is -0.118. The standard InChI is InChI=1S/C27H33N3O.C2H6/c1-4-10-24(29-26-14-9-8-11-20(26)5-2)18-23(28)15-19(3)27(31)30-25-16-21-12-6-7-13-22(21)17-25;1-2/h6-15,18,25,29H,4-5,16-17,28H2,1-3H3,(H,30,31);1-2H3/b19-15+,23-18+,24-10-;. The minimum absolute atomic E-state index is 0.0699. The van der Waals surface area contributed by atoms with Gasteiger partial charge in [0.1, 0.15) is 0 Å². The van der Waals surface area contributed by atoms with E-state index in [2.05, 4.69) is 54.8 Å². The molecular weight excluding hydrogens is 406 g/mol. The van der Waals surface area contributed by atoms with Crippen LogP contribution in [-0.4, -0.2) is 11.9 Å². The van der Waals surface area contributed by atoms with Crippen molar-refractivity contribution < 1.29 is 4.79 Å². The predicted octanol–water partition coefficient (Wildman–Crippen LogP) is 6.05. The zero-order valence-electron chi connectivity index (χ0n) is 20.7. The third-order valence-electron chi connectivity index (χ3n) is 5.55. The van der Waals surface area contributed by atoms with Crippen molar-refractivity contribution in [1.29, 1.82) is 0 Å². The minimum Gasteiger partial charge on any atom is -0.399 e. The van der Waals surface area contributed by atoms with Gasteiger partial charge in [0.05, 0.1) is 0 Å². The van der Waals surface area contributed by atoms with Crippen molar-refractivity contribution in [1.82, 2.24) is 5.32 Å². The molecule has 0 spiro atoms. The van der Waals surface area contributed by atoms with Gasteiger partial charge < -0.3 is 16.4 Å². The number of nitrogens with two attached hydrogens (primary N) is 1. The molecule has 33 heavy (non-hydrogen) atoms. The number of para-hydroxylation sites is 1. The van der Waals surface area contributed by atoms with Crippen LogP contribution in [0.25, 0.3) is 0 Å². The van der Waals surface area contributed by atoms with E-state index < -0.39 is 0 Å². The van der Waals surface area contributed by atoms with Crippen LogP contribution < -0.4 is 16.4 Å². The van der Waals surface area contributed by atoms with Crippen LogP contribution in [0.3, 0.4) is 0 Å². The second-order valence-corrected chi connectivity index (χ2v) is 8.02. The highest BCUT2D eigenvalue weighted by atomic mass is 16.1. The molecule has 0 radical (unpaired) electrons. The average Bonchev–Trinajstić information content (AvgIpc) is 3.23. The van der Waals surface area contributed by atoms with Gasteiger partial charge in [0, 0.05) is 28.7 Å². The summed E-state index contributed by atoms with van der Waals surface area (Å²) in [5, 5.41) is 6.62. The van der Waals surface area contributed by atoms with Crippen LogP contribution in [-0.2, 0) is 24.1 Å². The topological polar surface area (TPSA) is 67.2 Å². The summed E-state index contributed by atoms with van der Waals surface area (Å²) in [6.07, 6.45) is 9.32. The molecule has 4 nitrogen and oxygen atoms in total. The quantitative estimate of drug-likeness (QED) is 0.342. The number of fused-ring (bicyclic) bond motifs is 1. The molecule has 0 saturated carbocycles. The molecule has 0 bridgehead atoms. The number of amides is 1. The maximum Gasteiger partial charge on any atom is 0.247 e. The number of anilines is 1. The van der Waals surface area contributed by atoms with E-state index in [-0.39, 0.29) is 11.9 Å². The molecule has 1 aliphatic carbocycles. The second kappa shape index (κ2) is 13.3. The average molecular weight is 446 g/mol. The van der Waals surface area contributed by atoms with E-state index >= 15 is 0 Å². The predicted molar refractivity (Wildman–Crippen MR) is 141 cm³/mol. The Morgan fingerprint density at radius 3 is 2.21 bits per heavy atom. The molecule has 176 valence electrons. The van der Waals surface area contributed by atoms with E-state index in [0.717, 1.165) is 37.1 Å². The van der Waals surface area contributed by atoms with Gasteiger partial charge in [0.25, 0.3) is 0 Å². The van der Waals surface area contributed by atoms with Crippen LogP contribution in [0.2, 0.25) is 0 Å². The number of hydrogen-bond donors (Lipinski definition) is 3. The molecule has 0 fully saturated rings. The van der Waals surface area contributed by atoms with Crippen LogP contribution in [0.4, 0.5) is 5.69 Å². The fourth-order valence-electron chi connectivity index (χ4n) is 3.97. The Morgan fingerprint density at radius 1 is 1.00 bits per heavy atom. The maximum atomic E-state index is 12.7. The summed E-state index contributed by atoms with van der Waals surface area (Å²) in [5.41, 5.74) is 13.3. The number of aryl methyl sites for hydroxylation is 1. The summed E-state index contributed by atoms with van der Waals surface area (Å²) in [7, 11) is 0. The summed E-state index contributed by atoms with van der Waals surface area (Å²) in [6, 6.07) is 16.8. The molecule has 0 aliphatic heterocycles. The third kappa shape index (κ3) is 7.67. The molecule has 0 aromatic heterocycles. The largest absolute Gasteiger partial charge is 0.399 e. The Hall–Kier alpha value is -3.27. The lowest BCUT2D eigenvalue weighted by Crippen LogP contribution is -2.35. The van der Waals surface area contributed by atoms with Crippen molar-refractivity contribution in [2.24, 2.45) is 5.73 Å². The number of nitrogens with one attached hydrogen (secondary N) is 2. The van der Waals surface area contributed by atoms with Gasteiger partial charge in [-0.25, -0.2) is 0 Å². The van der Waals surface area contributed by atoms with Gasteiger partial charge in [-0.05, 0) is 67.5 Å². The molecule has 2 aromatic rings. The van der Waals surface area contributed by atoms with Gasteiger partial charge in [-0.1, -0.05) is 76.2 Å². The Bertz CT molecular complexity index is 992. The number of carbonyl (C=O) groups is 1. The molecule has 0 heterocycles. The summed E-state index contributed by atoms with van der Waals surface area (Å²) < 4.78 is 0. The molecule has 2 aromatic carbocycles. The van der Waals surface area contributed by atoms with Gasteiger partial charge in [-0.2, -0.15) is 0 Å².